The molecule has 8 heteroatoms. The predicted molar refractivity (Wildman–Crippen MR) is 88.0 cm³/mol. The molecule has 0 saturated heterocycles. The van der Waals surface area contributed by atoms with Gasteiger partial charge in [0.2, 0.25) is 0 Å². The molecular weight excluding hydrogens is 341 g/mol. The molecule has 1 unspecified atom stereocenters. The van der Waals surface area contributed by atoms with Gasteiger partial charge in [-0.2, -0.15) is 0 Å². The summed E-state index contributed by atoms with van der Waals surface area (Å²) >= 11 is 12.2. The van der Waals surface area contributed by atoms with Crippen LogP contribution in [0.2, 0.25) is 10.0 Å². The Hall–Kier alpha value is -1.79. The Morgan fingerprint density at radius 3 is 2.78 bits per heavy atom. The molecule has 0 saturated carbocycles. The van der Waals surface area contributed by atoms with Gasteiger partial charge in [-0.3, -0.25) is 0 Å². The molecule has 0 fully saturated rings. The van der Waals surface area contributed by atoms with Crippen LogP contribution in [-0.2, 0) is 17.0 Å². The van der Waals surface area contributed by atoms with Gasteiger partial charge < -0.3 is 9.40 Å². The predicted octanol–water partition coefficient (Wildman–Crippen LogP) is 4.48. The van der Waals surface area contributed by atoms with Gasteiger partial charge in [-0.05, 0) is 18.6 Å². The summed E-state index contributed by atoms with van der Waals surface area (Å²) in [6.45, 7) is 2.24. The molecule has 6 nitrogen and oxygen atoms in total. The van der Waals surface area contributed by atoms with Crippen LogP contribution in [-0.4, -0.2) is 14.6 Å². The quantitative estimate of drug-likeness (QED) is 0.515. The number of aromatic nitrogens is 2. The second-order valence-corrected chi connectivity index (χ2v) is 6.12. The highest BCUT2D eigenvalue weighted by Gasteiger charge is 2.38. The molecule has 124 valence electrons. The summed E-state index contributed by atoms with van der Waals surface area (Å²) in [6, 6.07) is 4.90. The third-order valence-electron chi connectivity index (χ3n) is 3.60. The number of unbranched alkanes of at least 4 members (excludes halogenated alkanes) is 1. The first-order chi connectivity index (χ1) is 11.0. The molecule has 1 aromatic heterocycles. The molecule has 0 aliphatic carbocycles. The summed E-state index contributed by atoms with van der Waals surface area (Å²) in [4.78, 5) is 20.3. The molecule has 0 bridgehead atoms. The van der Waals surface area contributed by atoms with Crippen molar-refractivity contribution in [1.82, 2.24) is 9.55 Å². The number of rotatable bonds is 8. The van der Waals surface area contributed by atoms with Gasteiger partial charge in [0.05, 0.1) is 12.9 Å². The van der Waals surface area contributed by atoms with Crippen LogP contribution in [0.15, 0.2) is 36.9 Å². The molecule has 1 heterocycles. The lowest BCUT2D eigenvalue weighted by Gasteiger charge is -2.33. The van der Waals surface area contributed by atoms with Gasteiger partial charge in [-0.25, -0.2) is 4.98 Å². The molecule has 0 aliphatic rings. The van der Waals surface area contributed by atoms with E-state index in [0.29, 0.717) is 22.0 Å². The van der Waals surface area contributed by atoms with E-state index in [0.717, 1.165) is 12.8 Å². The lowest BCUT2D eigenvalue weighted by Crippen LogP contribution is -2.37. The van der Waals surface area contributed by atoms with E-state index in [1.807, 2.05) is 6.92 Å². The van der Waals surface area contributed by atoms with Crippen molar-refractivity contribution in [3.05, 3.63) is 62.6 Å². The Morgan fingerprint density at radius 2 is 2.22 bits per heavy atom. The largest absolute Gasteiger partial charge is 0.335 e. The number of benzene rings is 1. The van der Waals surface area contributed by atoms with Gasteiger partial charge in [-0.15, -0.1) is 10.1 Å². The van der Waals surface area contributed by atoms with Crippen molar-refractivity contribution >= 4 is 23.2 Å². The lowest BCUT2D eigenvalue weighted by atomic mass is 9.88. The summed E-state index contributed by atoms with van der Waals surface area (Å²) < 4.78 is 1.74. The van der Waals surface area contributed by atoms with Gasteiger partial charge in [0, 0.05) is 28.0 Å². The van der Waals surface area contributed by atoms with E-state index in [2.05, 4.69) is 4.98 Å². The second-order valence-electron chi connectivity index (χ2n) is 5.27. The van der Waals surface area contributed by atoms with Gasteiger partial charge >= 0.3 is 0 Å². The van der Waals surface area contributed by atoms with E-state index < -0.39 is 10.7 Å². The smallest absolute Gasteiger partial charge is 0.295 e. The van der Waals surface area contributed by atoms with Crippen molar-refractivity contribution in [2.24, 2.45) is 0 Å². The zero-order valence-electron chi connectivity index (χ0n) is 12.6. The van der Waals surface area contributed by atoms with Crippen LogP contribution in [0.5, 0.6) is 0 Å². The first-order valence-electron chi connectivity index (χ1n) is 7.21. The molecule has 0 radical (unpaired) electrons. The molecule has 23 heavy (non-hydrogen) atoms. The van der Waals surface area contributed by atoms with Crippen molar-refractivity contribution in [3.63, 3.8) is 0 Å². The van der Waals surface area contributed by atoms with E-state index in [9.17, 15) is 10.1 Å². The fourth-order valence-corrected chi connectivity index (χ4v) is 3.14. The minimum atomic E-state index is -1.19. The van der Waals surface area contributed by atoms with Crippen molar-refractivity contribution < 1.29 is 9.92 Å². The third kappa shape index (κ3) is 4.36. The normalized spacial score (nSPS) is 13.5. The van der Waals surface area contributed by atoms with Crippen molar-refractivity contribution in [1.29, 1.82) is 0 Å². The Balaban J connectivity index is 2.51. The highest BCUT2D eigenvalue weighted by atomic mass is 35.5. The lowest BCUT2D eigenvalue weighted by molar-refractivity contribution is -0.786. The number of hydrogen-bond acceptors (Lipinski definition) is 4. The fourth-order valence-electron chi connectivity index (χ4n) is 2.56. The maximum atomic E-state index is 11.1. The topological polar surface area (TPSA) is 70.2 Å². The van der Waals surface area contributed by atoms with Crippen LogP contribution in [0.4, 0.5) is 0 Å². The van der Waals surface area contributed by atoms with Gasteiger partial charge in [0.25, 0.3) is 5.09 Å². The summed E-state index contributed by atoms with van der Waals surface area (Å²) in [6.07, 6.45) is 7.01. The standard InChI is InChI=1S/C15H17Cl2N3O3/c1-2-3-6-15(23-20(21)22,10-19-8-7-18-11-19)13-5-4-12(16)9-14(13)17/h4-5,7-9,11H,2-3,6,10H2,1H3. The number of hydrogen-bond donors (Lipinski definition) is 0. The Morgan fingerprint density at radius 1 is 1.43 bits per heavy atom. The summed E-state index contributed by atoms with van der Waals surface area (Å²) in [7, 11) is 0. The van der Waals surface area contributed by atoms with E-state index in [1.54, 1.807) is 41.5 Å². The van der Waals surface area contributed by atoms with Crippen LogP contribution in [0.3, 0.4) is 0 Å². The van der Waals surface area contributed by atoms with Crippen molar-refractivity contribution in [2.75, 3.05) is 0 Å². The Labute approximate surface area is 144 Å². The first kappa shape index (κ1) is 17.6. The monoisotopic (exact) mass is 357 g/mol. The van der Waals surface area contributed by atoms with E-state index in [1.165, 1.54) is 0 Å². The van der Waals surface area contributed by atoms with Crippen LogP contribution in [0.1, 0.15) is 31.7 Å². The number of imidazole rings is 1. The summed E-state index contributed by atoms with van der Waals surface area (Å²) in [5, 5.41) is 11.2. The average Bonchev–Trinajstić information content (AvgIpc) is 2.96. The molecule has 0 N–H and O–H groups in total. The van der Waals surface area contributed by atoms with Crippen molar-refractivity contribution in [2.45, 2.75) is 38.3 Å². The number of nitrogens with zero attached hydrogens (tertiary/aromatic N) is 3. The first-order valence-corrected chi connectivity index (χ1v) is 7.97. The van der Waals surface area contributed by atoms with E-state index in [4.69, 9.17) is 28.0 Å². The summed E-state index contributed by atoms with van der Waals surface area (Å²) in [5.41, 5.74) is -0.649. The minimum absolute atomic E-state index is 0.231. The maximum absolute atomic E-state index is 11.1. The Kier molecular flexibility index (Phi) is 5.85. The third-order valence-corrected chi connectivity index (χ3v) is 4.15. The van der Waals surface area contributed by atoms with E-state index in [-0.39, 0.29) is 6.54 Å². The molecule has 0 aliphatic heterocycles. The molecule has 2 aromatic rings. The van der Waals surface area contributed by atoms with Crippen molar-refractivity contribution in [3.8, 4) is 0 Å². The fraction of sp³-hybridized carbons (Fsp3) is 0.400. The number of halogens is 2. The van der Waals surface area contributed by atoms with Gasteiger partial charge in [0.1, 0.15) is 0 Å². The maximum Gasteiger partial charge on any atom is 0.295 e. The molecule has 1 aromatic carbocycles. The molecule has 0 spiro atoms. The molecule has 0 amide bonds. The highest BCUT2D eigenvalue weighted by Crippen LogP contribution is 2.38. The Bertz CT molecular complexity index is 664. The molecule has 2 rings (SSSR count). The van der Waals surface area contributed by atoms with Crippen LogP contribution in [0, 0.1) is 10.1 Å². The van der Waals surface area contributed by atoms with Crippen LogP contribution >= 0.6 is 23.2 Å². The second kappa shape index (κ2) is 7.66. The van der Waals surface area contributed by atoms with Crippen LogP contribution < -0.4 is 0 Å². The van der Waals surface area contributed by atoms with Crippen LogP contribution in [0.25, 0.3) is 0 Å². The van der Waals surface area contributed by atoms with E-state index >= 15 is 0 Å². The minimum Gasteiger partial charge on any atom is -0.335 e. The zero-order valence-corrected chi connectivity index (χ0v) is 14.1. The van der Waals surface area contributed by atoms with Gasteiger partial charge in [-0.1, -0.05) is 49.0 Å². The summed E-state index contributed by atoms with van der Waals surface area (Å²) in [5.74, 6) is 0. The average molecular weight is 358 g/mol. The zero-order chi connectivity index (χ0) is 16.9. The molecule has 1 atom stereocenters. The highest BCUT2D eigenvalue weighted by molar-refractivity contribution is 6.35. The SMILES string of the molecule is CCCCC(Cn1ccnc1)(O[N+](=O)[O-])c1ccc(Cl)cc1Cl. The molecular formula is C15H17Cl2N3O3. The van der Waals surface area contributed by atoms with Gasteiger partial charge in [0.15, 0.2) is 5.60 Å².